The van der Waals surface area contributed by atoms with Crippen molar-refractivity contribution in [1.82, 2.24) is 30.0 Å². The van der Waals surface area contributed by atoms with E-state index in [0.717, 1.165) is 43.6 Å². The molecule has 6 heterocycles. The lowest BCUT2D eigenvalue weighted by Gasteiger charge is -2.41. The topological polar surface area (TPSA) is 152 Å². The van der Waals surface area contributed by atoms with Gasteiger partial charge in [-0.2, -0.15) is 5.10 Å². The molecule has 1 saturated carbocycles. The van der Waals surface area contributed by atoms with Gasteiger partial charge in [0, 0.05) is 29.9 Å². The van der Waals surface area contributed by atoms with Crippen LogP contribution in [0, 0.1) is 11.8 Å². The van der Waals surface area contributed by atoms with Gasteiger partial charge in [-0.1, -0.05) is 43.9 Å². The number of nitrogens with one attached hydrogen (secondary N) is 1. The van der Waals surface area contributed by atoms with Crippen LogP contribution in [-0.2, 0) is 22.5 Å². The number of fused-ring (bicyclic) bond motifs is 2. The maximum absolute atomic E-state index is 12.7. The lowest BCUT2D eigenvalue weighted by atomic mass is 9.80. The molecule has 47 heavy (non-hydrogen) atoms. The first-order chi connectivity index (χ1) is 22.8. The van der Waals surface area contributed by atoms with Gasteiger partial charge in [-0.25, -0.2) is 15.0 Å². The molecule has 3 aromatic heterocycles. The number of nitrogens with two attached hydrogens (primary N) is 1. The second-order valence-corrected chi connectivity index (χ2v) is 13.4. The van der Waals surface area contributed by atoms with Crippen LogP contribution in [0.15, 0.2) is 36.8 Å². The van der Waals surface area contributed by atoms with Crippen LogP contribution < -0.4 is 15.4 Å². The van der Waals surface area contributed by atoms with Crippen LogP contribution in [0.1, 0.15) is 60.9 Å². The molecule has 1 aliphatic carbocycles. The van der Waals surface area contributed by atoms with E-state index in [1.165, 1.54) is 44.7 Å². The zero-order valence-corrected chi connectivity index (χ0v) is 27.2. The quantitative estimate of drug-likeness (QED) is 0.291. The minimum Gasteiger partial charge on any atom is -0.482 e. The highest BCUT2D eigenvalue weighted by Crippen LogP contribution is 2.41. The van der Waals surface area contributed by atoms with E-state index in [-0.39, 0.29) is 19.1 Å². The van der Waals surface area contributed by atoms with E-state index in [1.807, 2.05) is 12.1 Å². The molecule has 1 atom stereocenters. The van der Waals surface area contributed by atoms with Gasteiger partial charge in [-0.3, -0.25) is 24.5 Å². The van der Waals surface area contributed by atoms with Crippen molar-refractivity contribution in [2.45, 2.75) is 58.0 Å². The Hall–Kier alpha value is -4.13. The number of aromatic amines is 1. The van der Waals surface area contributed by atoms with Crippen molar-refractivity contribution in [2.75, 3.05) is 37.8 Å². The minimum atomic E-state index is -0.537. The van der Waals surface area contributed by atoms with Gasteiger partial charge in [0.2, 0.25) is 0 Å². The monoisotopic (exact) mass is 658 g/mol. The van der Waals surface area contributed by atoms with Crippen LogP contribution in [0.2, 0.25) is 5.02 Å². The molecule has 0 bridgehead atoms. The molecule has 12 nitrogen and oxygen atoms in total. The molecule has 2 amide bonds. The first kappa shape index (κ1) is 31.5. The summed E-state index contributed by atoms with van der Waals surface area (Å²) in [5, 5.41) is 8.20. The predicted octanol–water partition coefficient (Wildman–Crippen LogP) is 4.55. The molecule has 0 spiro atoms. The molecule has 1 aromatic carbocycles. The number of hydrogen-bond acceptors (Lipinski definition) is 9. The molecule has 3 aliphatic heterocycles. The largest absolute Gasteiger partial charge is 0.482 e. The molecule has 3 N–H and O–H groups in total. The standard InChI is InChI=1S/C25H22ClN7O3.C9H17NO/c26-15-8-28-20(29-9-15)11-33-18-5-4-14(7-19(18)36-12-21(33)34)22-16-10-30-32-25(16)31-17(23(22)24(27)35)6-13-2-1-3-13;1-8-3-2-4-10(5-8)9-6-11-7-9/h4-5,7-10,13H,1-3,6,11-12H2,(H2,27,35)(H,30,31,32);8-9H,2-7H2,1H3. The lowest BCUT2D eigenvalue weighted by Crippen LogP contribution is -2.52. The van der Waals surface area contributed by atoms with Crippen LogP contribution in [0.3, 0.4) is 0 Å². The molecular weight excluding hydrogens is 620 g/mol. The maximum Gasteiger partial charge on any atom is 0.265 e. The molecule has 2 saturated heterocycles. The zero-order chi connectivity index (χ0) is 32.5. The Morgan fingerprint density at radius 1 is 1.13 bits per heavy atom. The molecule has 4 aliphatic rings. The summed E-state index contributed by atoms with van der Waals surface area (Å²) in [6, 6.07) is 6.22. The fourth-order valence-corrected chi connectivity index (χ4v) is 6.89. The van der Waals surface area contributed by atoms with Crippen molar-refractivity contribution in [3.05, 3.63) is 58.9 Å². The predicted molar refractivity (Wildman–Crippen MR) is 177 cm³/mol. The highest BCUT2D eigenvalue weighted by Gasteiger charge is 2.31. The molecule has 1 unspecified atom stereocenters. The smallest absolute Gasteiger partial charge is 0.265 e. The zero-order valence-electron chi connectivity index (χ0n) is 26.5. The number of H-pyrrole nitrogens is 1. The Morgan fingerprint density at radius 3 is 2.62 bits per heavy atom. The van der Waals surface area contributed by atoms with Crippen LogP contribution in [-0.4, -0.2) is 80.8 Å². The number of pyridine rings is 1. The average molecular weight is 659 g/mol. The van der Waals surface area contributed by atoms with E-state index in [9.17, 15) is 9.59 Å². The van der Waals surface area contributed by atoms with Crippen molar-refractivity contribution in [1.29, 1.82) is 0 Å². The summed E-state index contributed by atoms with van der Waals surface area (Å²) in [5.74, 6) is 1.61. The number of carbonyl (C=O) groups excluding carboxylic acids is 2. The number of aromatic nitrogens is 5. The second-order valence-electron chi connectivity index (χ2n) is 13.0. The summed E-state index contributed by atoms with van der Waals surface area (Å²) in [4.78, 5) is 42.7. The summed E-state index contributed by atoms with van der Waals surface area (Å²) in [6.45, 7) is 6.96. The van der Waals surface area contributed by atoms with Gasteiger partial charge in [-0.15, -0.1) is 0 Å². The second kappa shape index (κ2) is 13.5. The van der Waals surface area contributed by atoms with E-state index < -0.39 is 5.91 Å². The van der Waals surface area contributed by atoms with Crippen molar-refractivity contribution in [3.63, 3.8) is 0 Å². The van der Waals surface area contributed by atoms with Gasteiger partial charge in [0.1, 0.15) is 11.6 Å². The van der Waals surface area contributed by atoms with Gasteiger partial charge in [0.25, 0.3) is 11.8 Å². The van der Waals surface area contributed by atoms with E-state index in [2.05, 4.69) is 32.0 Å². The van der Waals surface area contributed by atoms with Crippen molar-refractivity contribution < 1.29 is 19.1 Å². The van der Waals surface area contributed by atoms with Gasteiger partial charge in [-0.05, 0) is 55.3 Å². The molecule has 13 heteroatoms. The van der Waals surface area contributed by atoms with E-state index in [4.69, 9.17) is 31.8 Å². The first-order valence-corrected chi connectivity index (χ1v) is 16.7. The molecule has 4 aromatic rings. The number of amides is 2. The van der Waals surface area contributed by atoms with Gasteiger partial charge < -0.3 is 15.2 Å². The Balaban J connectivity index is 0.000000269. The number of carbonyl (C=O) groups is 2. The molecular formula is C34H39ClN8O4. The Bertz CT molecular complexity index is 1770. The van der Waals surface area contributed by atoms with Crippen LogP contribution >= 0.6 is 11.6 Å². The lowest BCUT2D eigenvalue weighted by molar-refractivity contribution is -0.121. The number of halogens is 1. The fraction of sp³-hybridized carbons (Fsp3) is 0.471. The summed E-state index contributed by atoms with van der Waals surface area (Å²) >= 11 is 5.89. The van der Waals surface area contributed by atoms with Crippen molar-refractivity contribution in [3.8, 4) is 16.9 Å². The number of anilines is 1. The maximum atomic E-state index is 12.7. The Morgan fingerprint density at radius 2 is 1.94 bits per heavy atom. The number of likely N-dealkylation sites (tertiary alicyclic amines) is 1. The average Bonchev–Trinajstić information content (AvgIpc) is 3.48. The molecule has 0 radical (unpaired) electrons. The van der Waals surface area contributed by atoms with E-state index in [1.54, 1.807) is 17.2 Å². The first-order valence-electron chi connectivity index (χ1n) is 16.4. The molecule has 246 valence electrons. The number of piperidine rings is 1. The SMILES string of the molecule is CC1CCCN(C2COC2)C1.NC(=O)c1c(CC2CCC2)nc2[nH]ncc2c1-c1ccc2c(c1)OCC(=O)N2Cc1ncc(Cl)cn1. The third kappa shape index (κ3) is 6.67. The van der Waals surface area contributed by atoms with Gasteiger partial charge in [0.05, 0.1) is 54.0 Å². The van der Waals surface area contributed by atoms with E-state index in [0.29, 0.717) is 62.5 Å². The highest BCUT2D eigenvalue weighted by molar-refractivity contribution is 6.30. The summed E-state index contributed by atoms with van der Waals surface area (Å²) in [5.41, 5.74) is 9.54. The van der Waals surface area contributed by atoms with Crippen molar-refractivity contribution >= 4 is 40.1 Å². The minimum absolute atomic E-state index is 0.128. The summed E-state index contributed by atoms with van der Waals surface area (Å²) in [6.07, 6.45) is 11.5. The third-order valence-corrected chi connectivity index (χ3v) is 9.81. The number of nitrogens with zero attached hydrogens (tertiary/aromatic N) is 6. The van der Waals surface area contributed by atoms with Crippen LogP contribution in [0.25, 0.3) is 22.2 Å². The van der Waals surface area contributed by atoms with Gasteiger partial charge in [0.15, 0.2) is 12.3 Å². The highest BCUT2D eigenvalue weighted by atomic mass is 35.5. The van der Waals surface area contributed by atoms with Crippen LogP contribution in [0.5, 0.6) is 5.75 Å². The number of primary amides is 1. The molecule has 8 rings (SSSR count). The number of hydrogen-bond donors (Lipinski definition) is 2. The van der Waals surface area contributed by atoms with Crippen LogP contribution in [0.4, 0.5) is 5.69 Å². The van der Waals surface area contributed by atoms with Crippen molar-refractivity contribution in [2.24, 2.45) is 17.6 Å². The number of ether oxygens (including phenoxy) is 2. The Kier molecular flexibility index (Phi) is 9.07. The Labute approximate surface area is 278 Å². The summed E-state index contributed by atoms with van der Waals surface area (Å²) < 4.78 is 11.0. The van der Waals surface area contributed by atoms with E-state index >= 15 is 0 Å². The summed E-state index contributed by atoms with van der Waals surface area (Å²) in [7, 11) is 0. The number of benzene rings is 1. The molecule has 3 fully saturated rings. The normalized spacial score (nSPS) is 20.1. The third-order valence-electron chi connectivity index (χ3n) is 9.62. The fourth-order valence-electron chi connectivity index (χ4n) is 6.79. The van der Waals surface area contributed by atoms with Gasteiger partial charge >= 0.3 is 0 Å². The number of rotatable bonds is 7.